The van der Waals surface area contributed by atoms with Crippen molar-refractivity contribution < 1.29 is 10.2 Å². The fourth-order valence-corrected chi connectivity index (χ4v) is 3.26. The fourth-order valence-electron chi connectivity index (χ4n) is 3.26. The lowest BCUT2D eigenvalue weighted by atomic mass is 9.83. The molecule has 0 radical (unpaired) electrons. The van der Waals surface area contributed by atoms with Crippen LogP contribution in [0.3, 0.4) is 0 Å². The van der Waals surface area contributed by atoms with Crippen molar-refractivity contribution >= 4 is 10.9 Å². The number of aliphatic hydroxyl groups excluding tert-OH is 2. The van der Waals surface area contributed by atoms with Crippen molar-refractivity contribution in [3.8, 4) is 0 Å². The number of aliphatic hydroxyl groups is 2. The molecule has 3 heteroatoms. The van der Waals surface area contributed by atoms with Crippen molar-refractivity contribution in [2.45, 2.75) is 51.4 Å². The second kappa shape index (κ2) is 4.09. The highest BCUT2D eigenvalue weighted by molar-refractivity contribution is 5.87. The third-order valence-corrected chi connectivity index (χ3v) is 4.04. The van der Waals surface area contributed by atoms with Crippen LogP contribution in [0.25, 0.3) is 10.9 Å². The first kappa shape index (κ1) is 12.7. The van der Waals surface area contributed by atoms with Gasteiger partial charge in [0.2, 0.25) is 0 Å². The first-order valence-corrected chi connectivity index (χ1v) is 6.86. The van der Waals surface area contributed by atoms with Crippen LogP contribution in [0.2, 0.25) is 0 Å². The summed E-state index contributed by atoms with van der Waals surface area (Å²) in [6.45, 7) is 7.08. The average molecular weight is 259 g/mol. The molecule has 0 fully saturated rings. The topological polar surface area (TPSA) is 45.4 Å². The van der Waals surface area contributed by atoms with E-state index in [4.69, 9.17) is 0 Å². The summed E-state index contributed by atoms with van der Waals surface area (Å²) in [6, 6.07) is 8.31. The zero-order valence-electron chi connectivity index (χ0n) is 11.7. The number of para-hydroxylation sites is 1. The number of rotatable bonds is 0. The van der Waals surface area contributed by atoms with Crippen molar-refractivity contribution in [1.29, 1.82) is 0 Å². The van der Waals surface area contributed by atoms with Gasteiger partial charge in [-0.05, 0) is 17.0 Å². The lowest BCUT2D eigenvalue weighted by Gasteiger charge is -2.29. The Balaban J connectivity index is 2.34. The molecule has 2 N–H and O–H groups in total. The molecule has 1 aliphatic rings. The molecule has 1 unspecified atom stereocenters. The molecule has 0 bridgehead atoms. The van der Waals surface area contributed by atoms with Gasteiger partial charge in [0.1, 0.15) is 0 Å². The van der Waals surface area contributed by atoms with E-state index < -0.39 is 12.2 Å². The second-order valence-corrected chi connectivity index (χ2v) is 6.54. The van der Waals surface area contributed by atoms with Crippen LogP contribution in [0.1, 0.15) is 32.0 Å². The van der Waals surface area contributed by atoms with Crippen molar-refractivity contribution in [1.82, 2.24) is 4.57 Å². The molecule has 3 rings (SSSR count). The number of nitrogens with zero attached hydrogens (tertiary/aromatic N) is 1. The van der Waals surface area contributed by atoms with E-state index in [1.807, 2.05) is 6.07 Å². The van der Waals surface area contributed by atoms with E-state index in [1.54, 1.807) is 0 Å². The molecule has 2 heterocycles. The Morgan fingerprint density at radius 3 is 2.47 bits per heavy atom. The van der Waals surface area contributed by atoms with E-state index in [0.29, 0.717) is 13.0 Å². The molecule has 19 heavy (non-hydrogen) atoms. The summed E-state index contributed by atoms with van der Waals surface area (Å²) in [5.74, 6) is 0. The van der Waals surface area contributed by atoms with E-state index in [1.165, 1.54) is 16.6 Å². The summed E-state index contributed by atoms with van der Waals surface area (Å²) in [5, 5.41) is 21.1. The average Bonchev–Trinajstić information content (AvgIpc) is 2.63. The van der Waals surface area contributed by atoms with Gasteiger partial charge in [0.25, 0.3) is 0 Å². The Hall–Kier alpha value is -1.32. The van der Waals surface area contributed by atoms with Crippen LogP contribution in [0.15, 0.2) is 24.3 Å². The minimum atomic E-state index is -0.670. The normalized spacial score (nSPS) is 23.6. The Morgan fingerprint density at radius 1 is 1.11 bits per heavy atom. The van der Waals surface area contributed by atoms with E-state index in [9.17, 15) is 10.2 Å². The Labute approximate surface area is 113 Å². The molecule has 1 aromatic carbocycles. The van der Waals surface area contributed by atoms with Crippen LogP contribution in [-0.4, -0.2) is 27.0 Å². The van der Waals surface area contributed by atoms with Gasteiger partial charge < -0.3 is 14.8 Å². The van der Waals surface area contributed by atoms with E-state index in [0.717, 1.165) is 5.52 Å². The van der Waals surface area contributed by atoms with Crippen molar-refractivity contribution in [3.05, 3.63) is 35.5 Å². The quantitative estimate of drug-likeness (QED) is 0.762. The Bertz CT molecular complexity index is 621. The van der Waals surface area contributed by atoms with Crippen LogP contribution in [-0.2, 0) is 18.4 Å². The SMILES string of the molecule is CC(C)(C)c1c2n(c3ccccc13)C[C@H](O)C(O)C2. The summed E-state index contributed by atoms with van der Waals surface area (Å²) in [4.78, 5) is 0. The molecule has 0 spiro atoms. The van der Waals surface area contributed by atoms with Crippen molar-refractivity contribution in [3.63, 3.8) is 0 Å². The van der Waals surface area contributed by atoms with Crippen LogP contribution >= 0.6 is 0 Å². The lowest BCUT2D eigenvalue weighted by Crippen LogP contribution is -2.38. The molecule has 0 amide bonds. The van der Waals surface area contributed by atoms with Crippen LogP contribution in [0, 0.1) is 0 Å². The van der Waals surface area contributed by atoms with Crippen LogP contribution in [0.4, 0.5) is 0 Å². The van der Waals surface area contributed by atoms with Crippen LogP contribution in [0.5, 0.6) is 0 Å². The fraction of sp³-hybridized carbons (Fsp3) is 0.500. The summed E-state index contributed by atoms with van der Waals surface area (Å²) >= 11 is 0. The molecule has 0 aliphatic carbocycles. The molecule has 102 valence electrons. The van der Waals surface area contributed by atoms with Crippen molar-refractivity contribution in [2.75, 3.05) is 0 Å². The first-order chi connectivity index (χ1) is 8.89. The van der Waals surface area contributed by atoms with Crippen LogP contribution < -0.4 is 0 Å². The molecule has 0 saturated carbocycles. The van der Waals surface area contributed by atoms with Gasteiger partial charge in [-0.15, -0.1) is 0 Å². The summed E-state index contributed by atoms with van der Waals surface area (Å²) in [5.41, 5.74) is 3.66. The molecule has 2 aromatic rings. The Kier molecular flexibility index (Phi) is 2.73. The maximum absolute atomic E-state index is 9.98. The van der Waals surface area contributed by atoms with Gasteiger partial charge >= 0.3 is 0 Å². The number of fused-ring (bicyclic) bond motifs is 3. The lowest BCUT2D eigenvalue weighted by molar-refractivity contribution is -0.00210. The molecule has 0 saturated heterocycles. The molecule has 2 atom stereocenters. The number of aromatic nitrogens is 1. The minimum absolute atomic E-state index is 0.0300. The van der Waals surface area contributed by atoms with E-state index in [2.05, 4.69) is 43.5 Å². The summed E-state index contributed by atoms with van der Waals surface area (Å²) < 4.78 is 2.17. The maximum atomic E-state index is 9.98. The molecule has 3 nitrogen and oxygen atoms in total. The van der Waals surface area contributed by atoms with Crippen molar-refractivity contribution in [2.24, 2.45) is 0 Å². The minimum Gasteiger partial charge on any atom is -0.390 e. The predicted octanol–water partition coefficient (Wildman–Crippen LogP) is 2.22. The zero-order valence-corrected chi connectivity index (χ0v) is 11.7. The smallest absolute Gasteiger partial charge is 0.0981 e. The molecular formula is C16H21NO2. The predicted molar refractivity (Wildman–Crippen MR) is 76.4 cm³/mol. The number of hydrogen-bond acceptors (Lipinski definition) is 2. The van der Waals surface area contributed by atoms with E-state index >= 15 is 0 Å². The van der Waals surface area contributed by atoms with Gasteiger partial charge in [0, 0.05) is 23.0 Å². The third kappa shape index (κ3) is 1.88. The number of benzene rings is 1. The monoisotopic (exact) mass is 259 g/mol. The largest absolute Gasteiger partial charge is 0.390 e. The number of hydrogen-bond donors (Lipinski definition) is 2. The van der Waals surface area contributed by atoms with Gasteiger partial charge in [0.15, 0.2) is 0 Å². The van der Waals surface area contributed by atoms with E-state index in [-0.39, 0.29) is 5.41 Å². The van der Waals surface area contributed by atoms with Gasteiger partial charge in [-0.25, -0.2) is 0 Å². The highest BCUT2D eigenvalue weighted by Crippen LogP contribution is 2.38. The zero-order chi connectivity index (χ0) is 13.8. The summed E-state index contributed by atoms with van der Waals surface area (Å²) in [6.07, 6.45) is -0.795. The van der Waals surface area contributed by atoms with Gasteiger partial charge in [-0.1, -0.05) is 39.0 Å². The van der Waals surface area contributed by atoms with Gasteiger partial charge in [-0.2, -0.15) is 0 Å². The molecule has 1 aromatic heterocycles. The third-order valence-electron chi connectivity index (χ3n) is 4.04. The van der Waals surface area contributed by atoms with Gasteiger partial charge in [0.05, 0.1) is 18.8 Å². The molecule has 1 aliphatic heterocycles. The Morgan fingerprint density at radius 2 is 1.79 bits per heavy atom. The standard InChI is InChI=1S/C16H21NO2/c1-16(2,3)15-10-6-4-5-7-11(10)17-9-14(19)13(18)8-12(15)17/h4-7,13-14,18-19H,8-9H2,1-3H3/t13?,14-/m0/s1. The highest BCUT2D eigenvalue weighted by atomic mass is 16.3. The highest BCUT2D eigenvalue weighted by Gasteiger charge is 2.33. The molecular weight excluding hydrogens is 238 g/mol. The maximum Gasteiger partial charge on any atom is 0.0981 e. The first-order valence-electron chi connectivity index (χ1n) is 6.86. The van der Waals surface area contributed by atoms with Gasteiger partial charge in [-0.3, -0.25) is 0 Å². The second-order valence-electron chi connectivity index (χ2n) is 6.54. The summed E-state index contributed by atoms with van der Waals surface area (Å²) in [7, 11) is 0.